The summed E-state index contributed by atoms with van der Waals surface area (Å²) in [5.41, 5.74) is -0.448. The van der Waals surface area contributed by atoms with Gasteiger partial charge in [0.2, 0.25) is 11.8 Å². The number of carboxylic acid groups (broad SMARTS) is 1. The molecule has 1 aliphatic rings. The van der Waals surface area contributed by atoms with Crippen molar-refractivity contribution in [2.45, 2.75) is 33.6 Å². The van der Waals surface area contributed by atoms with Crippen LogP contribution in [0.1, 0.15) is 33.6 Å². The van der Waals surface area contributed by atoms with Crippen molar-refractivity contribution in [3.8, 4) is 0 Å². The van der Waals surface area contributed by atoms with E-state index in [1.807, 2.05) is 0 Å². The van der Waals surface area contributed by atoms with Crippen LogP contribution in [0.3, 0.4) is 0 Å². The van der Waals surface area contributed by atoms with Crippen molar-refractivity contribution in [1.29, 1.82) is 0 Å². The molecule has 0 aromatic heterocycles. The summed E-state index contributed by atoms with van der Waals surface area (Å²) in [7, 11) is 0. The molecule has 94 valence electrons. The smallest absolute Gasteiger partial charge is 0.331 e. The molecule has 1 fully saturated rings. The number of rotatable bonds is 4. The van der Waals surface area contributed by atoms with Crippen LogP contribution in [-0.4, -0.2) is 34.3 Å². The van der Waals surface area contributed by atoms with E-state index < -0.39 is 11.4 Å². The van der Waals surface area contributed by atoms with Gasteiger partial charge in [0, 0.05) is 18.5 Å². The first-order valence-electron chi connectivity index (χ1n) is 5.56. The summed E-state index contributed by atoms with van der Waals surface area (Å²) < 4.78 is 0. The van der Waals surface area contributed by atoms with E-state index in [2.05, 4.69) is 0 Å². The van der Waals surface area contributed by atoms with Crippen LogP contribution in [-0.2, 0) is 14.4 Å². The molecule has 0 radical (unpaired) electrons. The quantitative estimate of drug-likeness (QED) is 0.590. The number of aliphatic carboxylic acids is 1. The van der Waals surface area contributed by atoms with E-state index in [9.17, 15) is 14.4 Å². The molecule has 1 saturated heterocycles. The molecule has 5 nitrogen and oxygen atoms in total. The summed E-state index contributed by atoms with van der Waals surface area (Å²) in [5.74, 6) is -1.48. The van der Waals surface area contributed by atoms with Crippen molar-refractivity contribution >= 4 is 17.8 Å². The Kier molecular flexibility index (Phi) is 3.70. The normalized spacial score (nSPS) is 19.9. The molecular formula is C12H17NO4. The molecule has 1 N–H and O–H groups in total. The fourth-order valence-electron chi connectivity index (χ4n) is 1.80. The fourth-order valence-corrected chi connectivity index (χ4v) is 1.80. The van der Waals surface area contributed by atoms with Gasteiger partial charge in [-0.3, -0.25) is 14.5 Å². The number of imide groups is 1. The molecule has 0 aromatic rings. The highest BCUT2D eigenvalue weighted by atomic mass is 16.4. The molecule has 1 heterocycles. The molecule has 0 aromatic carbocycles. The lowest BCUT2D eigenvalue weighted by Gasteiger charge is -2.16. The molecule has 1 aliphatic heterocycles. The van der Waals surface area contributed by atoms with Crippen LogP contribution in [0.15, 0.2) is 11.6 Å². The number of carbonyl (C=O) groups is 3. The molecule has 0 unspecified atom stereocenters. The van der Waals surface area contributed by atoms with E-state index in [-0.39, 0.29) is 30.4 Å². The van der Waals surface area contributed by atoms with Crippen LogP contribution in [0.4, 0.5) is 0 Å². The average Bonchev–Trinajstić information content (AvgIpc) is 2.39. The van der Waals surface area contributed by atoms with Crippen molar-refractivity contribution in [2.24, 2.45) is 5.41 Å². The lowest BCUT2D eigenvalue weighted by atomic mass is 9.92. The third kappa shape index (κ3) is 2.72. The van der Waals surface area contributed by atoms with Gasteiger partial charge in [0.15, 0.2) is 0 Å². The molecule has 0 bridgehead atoms. The van der Waals surface area contributed by atoms with Gasteiger partial charge < -0.3 is 5.11 Å². The zero-order valence-corrected chi connectivity index (χ0v) is 10.3. The minimum absolute atomic E-state index is 0.0522. The number of carbonyl (C=O) groups excluding carboxylic acids is 2. The molecule has 0 saturated carbocycles. The van der Waals surface area contributed by atoms with E-state index in [4.69, 9.17) is 5.11 Å². The summed E-state index contributed by atoms with van der Waals surface area (Å²) in [6, 6.07) is 0. The van der Waals surface area contributed by atoms with Crippen molar-refractivity contribution < 1.29 is 19.5 Å². The first kappa shape index (κ1) is 13.4. The minimum Gasteiger partial charge on any atom is -0.478 e. The Labute approximate surface area is 100 Å². The van der Waals surface area contributed by atoms with E-state index in [1.165, 1.54) is 6.08 Å². The summed E-state index contributed by atoms with van der Waals surface area (Å²) in [6.07, 6.45) is 1.99. The Morgan fingerprint density at radius 1 is 1.47 bits per heavy atom. The van der Waals surface area contributed by atoms with Crippen LogP contribution in [0.5, 0.6) is 0 Å². The van der Waals surface area contributed by atoms with Crippen molar-refractivity contribution in [3.63, 3.8) is 0 Å². The Hall–Kier alpha value is -1.65. The molecule has 0 atom stereocenters. The number of hydrogen-bond donors (Lipinski definition) is 1. The summed E-state index contributed by atoms with van der Waals surface area (Å²) in [5, 5.41) is 8.82. The Morgan fingerprint density at radius 2 is 2.06 bits per heavy atom. The van der Waals surface area contributed by atoms with Crippen LogP contribution < -0.4 is 0 Å². The second-order valence-corrected chi connectivity index (χ2v) is 4.76. The minimum atomic E-state index is -1.01. The lowest BCUT2D eigenvalue weighted by Crippen LogP contribution is -2.33. The largest absolute Gasteiger partial charge is 0.478 e. The Balaban J connectivity index is 2.80. The molecule has 1 rings (SSSR count). The Bertz CT molecular complexity index is 395. The summed E-state index contributed by atoms with van der Waals surface area (Å²) in [4.78, 5) is 35.3. The predicted molar refractivity (Wildman–Crippen MR) is 61.1 cm³/mol. The standard InChI is InChI=1S/C12H17NO4/c1-4-8(10(15)16)5-6-13-9(14)7-12(2,3)11(13)17/h5H,4,6-7H2,1-3H3,(H,15,16). The van der Waals surface area contributed by atoms with E-state index in [0.717, 1.165) is 4.90 Å². The number of carboxylic acids is 1. The van der Waals surface area contributed by atoms with Crippen LogP contribution in [0.25, 0.3) is 0 Å². The third-order valence-electron chi connectivity index (χ3n) is 2.89. The second-order valence-electron chi connectivity index (χ2n) is 4.76. The molecular weight excluding hydrogens is 222 g/mol. The van der Waals surface area contributed by atoms with Gasteiger partial charge in [-0.1, -0.05) is 26.8 Å². The van der Waals surface area contributed by atoms with Crippen molar-refractivity contribution in [2.75, 3.05) is 6.54 Å². The fraction of sp³-hybridized carbons (Fsp3) is 0.583. The zero-order valence-electron chi connectivity index (χ0n) is 10.3. The van der Waals surface area contributed by atoms with Crippen molar-refractivity contribution in [3.05, 3.63) is 11.6 Å². The molecule has 0 spiro atoms. The van der Waals surface area contributed by atoms with Gasteiger partial charge in [0.05, 0.1) is 5.41 Å². The first-order valence-corrected chi connectivity index (χ1v) is 5.56. The molecule has 17 heavy (non-hydrogen) atoms. The third-order valence-corrected chi connectivity index (χ3v) is 2.89. The Morgan fingerprint density at radius 3 is 2.41 bits per heavy atom. The van der Waals surface area contributed by atoms with Gasteiger partial charge in [-0.15, -0.1) is 0 Å². The van der Waals surface area contributed by atoms with Gasteiger partial charge in [0.1, 0.15) is 0 Å². The molecule has 2 amide bonds. The number of hydrogen-bond acceptors (Lipinski definition) is 3. The highest BCUT2D eigenvalue weighted by Gasteiger charge is 2.44. The summed E-state index contributed by atoms with van der Waals surface area (Å²) >= 11 is 0. The highest BCUT2D eigenvalue weighted by Crippen LogP contribution is 2.31. The van der Waals surface area contributed by atoms with E-state index >= 15 is 0 Å². The van der Waals surface area contributed by atoms with Crippen LogP contribution >= 0.6 is 0 Å². The monoisotopic (exact) mass is 239 g/mol. The van der Waals surface area contributed by atoms with Gasteiger partial charge in [0.25, 0.3) is 0 Å². The van der Waals surface area contributed by atoms with Crippen LogP contribution in [0, 0.1) is 5.41 Å². The zero-order chi connectivity index (χ0) is 13.2. The van der Waals surface area contributed by atoms with Crippen LogP contribution in [0.2, 0.25) is 0 Å². The maximum atomic E-state index is 11.8. The second kappa shape index (κ2) is 4.69. The molecule has 5 heteroatoms. The molecule has 0 aliphatic carbocycles. The van der Waals surface area contributed by atoms with Gasteiger partial charge in [-0.2, -0.15) is 0 Å². The summed E-state index contributed by atoms with van der Waals surface area (Å²) in [6.45, 7) is 5.21. The number of nitrogens with zero attached hydrogens (tertiary/aromatic N) is 1. The topological polar surface area (TPSA) is 74.7 Å². The SMILES string of the molecule is CCC(=CCN1C(=O)CC(C)(C)C1=O)C(=O)O. The highest BCUT2D eigenvalue weighted by molar-refractivity contribution is 6.05. The van der Waals surface area contributed by atoms with Gasteiger partial charge in [-0.05, 0) is 6.42 Å². The van der Waals surface area contributed by atoms with Gasteiger partial charge >= 0.3 is 5.97 Å². The number of amides is 2. The van der Waals surface area contributed by atoms with Gasteiger partial charge in [-0.25, -0.2) is 4.79 Å². The predicted octanol–water partition coefficient (Wildman–Crippen LogP) is 1.19. The van der Waals surface area contributed by atoms with E-state index in [1.54, 1.807) is 20.8 Å². The van der Waals surface area contributed by atoms with Crippen molar-refractivity contribution in [1.82, 2.24) is 4.90 Å². The maximum Gasteiger partial charge on any atom is 0.331 e. The average molecular weight is 239 g/mol. The maximum absolute atomic E-state index is 11.8. The first-order chi connectivity index (χ1) is 7.79. The lowest BCUT2D eigenvalue weighted by molar-refractivity contribution is -0.140. The van der Waals surface area contributed by atoms with E-state index in [0.29, 0.717) is 6.42 Å². The number of likely N-dealkylation sites (tertiary alicyclic amines) is 1.